The topological polar surface area (TPSA) is 18.5 Å². The molecule has 0 radical (unpaired) electrons. The van der Waals surface area contributed by atoms with Crippen LogP contribution in [0.5, 0.6) is 0 Å². The van der Waals surface area contributed by atoms with Gasteiger partial charge in [-0.3, -0.25) is 0 Å². The molecule has 0 unspecified atom stereocenters. The molecule has 0 saturated heterocycles. The van der Waals surface area contributed by atoms with Crippen LogP contribution in [0.2, 0.25) is 0 Å². The molecule has 0 N–H and O–H groups in total. The van der Waals surface area contributed by atoms with Crippen LogP contribution in [0.15, 0.2) is 33.9 Å². The summed E-state index contributed by atoms with van der Waals surface area (Å²) in [7, 11) is 3.57. The van der Waals surface area contributed by atoms with Crippen LogP contribution in [0.3, 0.4) is 0 Å². The Bertz CT molecular complexity index is 427. The first-order chi connectivity index (χ1) is 9.78. The number of methoxy groups -OCH3 is 2. The van der Waals surface area contributed by atoms with E-state index >= 15 is 0 Å². The Labute approximate surface area is 123 Å². The predicted octanol–water partition coefficient (Wildman–Crippen LogP) is 4.58. The molecule has 0 aliphatic heterocycles. The quantitative estimate of drug-likeness (QED) is 0.634. The maximum atomic E-state index is 5.38. The SMILES string of the molecule is CCCCC1=CCC2=C(C1)CC(COC)=C(COC)C2. The van der Waals surface area contributed by atoms with E-state index in [0.29, 0.717) is 0 Å². The Kier molecular flexibility index (Phi) is 6.06. The minimum Gasteiger partial charge on any atom is -0.380 e. The van der Waals surface area contributed by atoms with Crippen LogP contribution in [0.1, 0.15) is 51.9 Å². The molecule has 0 aromatic carbocycles. The van der Waals surface area contributed by atoms with Crippen LogP contribution < -0.4 is 0 Å². The summed E-state index contributed by atoms with van der Waals surface area (Å²) in [4.78, 5) is 0. The van der Waals surface area contributed by atoms with Gasteiger partial charge in [0, 0.05) is 14.2 Å². The molecule has 2 nitrogen and oxygen atoms in total. The first kappa shape index (κ1) is 15.5. The third kappa shape index (κ3) is 3.83. The maximum absolute atomic E-state index is 5.38. The van der Waals surface area contributed by atoms with Crippen LogP contribution in [0.4, 0.5) is 0 Å². The first-order valence-corrected chi connectivity index (χ1v) is 7.83. The van der Waals surface area contributed by atoms with Gasteiger partial charge < -0.3 is 9.47 Å². The molecule has 0 aromatic heterocycles. The fraction of sp³-hybridized carbons (Fsp3) is 0.667. The molecule has 0 amide bonds. The van der Waals surface area contributed by atoms with Crippen molar-refractivity contribution in [2.24, 2.45) is 0 Å². The van der Waals surface area contributed by atoms with Gasteiger partial charge in [0.15, 0.2) is 0 Å². The zero-order chi connectivity index (χ0) is 14.4. The summed E-state index contributed by atoms with van der Waals surface area (Å²) in [6.45, 7) is 3.77. The molecule has 0 atom stereocenters. The molecule has 2 rings (SSSR count). The zero-order valence-electron chi connectivity index (χ0n) is 13.3. The van der Waals surface area contributed by atoms with Gasteiger partial charge in [0.1, 0.15) is 0 Å². The normalized spacial score (nSPS) is 19.2. The highest BCUT2D eigenvalue weighted by Crippen LogP contribution is 2.39. The Balaban J connectivity index is 2.02. The molecule has 0 aromatic rings. The highest BCUT2D eigenvalue weighted by molar-refractivity contribution is 5.41. The minimum atomic E-state index is 0.752. The molecule has 2 heteroatoms. The van der Waals surface area contributed by atoms with E-state index < -0.39 is 0 Å². The van der Waals surface area contributed by atoms with Crippen molar-refractivity contribution in [3.05, 3.63) is 33.9 Å². The van der Waals surface area contributed by atoms with Crippen molar-refractivity contribution in [3.63, 3.8) is 0 Å². The minimum absolute atomic E-state index is 0.752. The molecular weight excluding hydrogens is 248 g/mol. The van der Waals surface area contributed by atoms with E-state index in [1.54, 1.807) is 30.9 Å². The van der Waals surface area contributed by atoms with Gasteiger partial charge in [-0.25, -0.2) is 0 Å². The summed E-state index contributed by atoms with van der Waals surface area (Å²) in [6.07, 6.45) is 10.9. The van der Waals surface area contributed by atoms with Crippen molar-refractivity contribution in [1.29, 1.82) is 0 Å². The Hall–Kier alpha value is -0.860. The van der Waals surface area contributed by atoms with Gasteiger partial charge >= 0.3 is 0 Å². The summed E-state index contributed by atoms with van der Waals surface area (Å²) < 4.78 is 10.7. The lowest BCUT2D eigenvalue weighted by atomic mass is 9.78. The van der Waals surface area contributed by atoms with E-state index in [1.807, 2.05) is 0 Å². The fourth-order valence-corrected chi connectivity index (χ4v) is 3.28. The lowest BCUT2D eigenvalue weighted by molar-refractivity contribution is 0.207. The molecule has 0 heterocycles. The number of unbranched alkanes of at least 4 members (excludes halogenated alkanes) is 1. The average molecular weight is 276 g/mol. The summed E-state index contributed by atoms with van der Waals surface area (Å²) >= 11 is 0. The third-order valence-electron chi connectivity index (χ3n) is 4.42. The zero-order valence-corrected chi connectivity index (χ0v) is 13.3. The molecule has 112 valence electrons. The highest BCUT2D eigenvalue weighted by Gasteiger charge is 2.22. The molecular formula is C18H28O2. The van der Waals surface area contributed by atoms with Gasteiger partial charge in [-0.15, -0.1) is 0 Å². The van der Waals surface area contributed by atoms with Crippen LogP contribution in [0.25, 0.3) is 0 Å². The Morgan fingerprint density at radius 1 is 0.950 bits per heavy atom. The van der Waals surface area contributed by atoms with Crippen molar-refractivity contribution < 1.29 is 9.47 Å². The monoisotopic (exact) mass is 276 g/mol. The van der Waals surface area contributed by atoms with E-state index in [4.69, 9.17) is 9.47 Å². The summed E-state index contributed by atoms with van der Waals surface area (Å²) in [5.41, 5.74) is 7.84. The second-order valence-corrected chi connectivity index (χ2v) is 5.98. The summed E-state index contributed by atoms with van der Waals surface area (Å²) in [5.74, 6) is 0. The van der Waals surface area contributed by atoms with Crippen molar-refractivity contribution in [3.8, 4) is 0 Å². The fourth-order valence-electron chi connectivity index (χ4n) is 3.28. The molecule has 2 aliphatic rings. The van der Waals surface area contributed by atoms with E-state index in [1.165, 1.54) is 36.8 Å². The molecule has 20 heavy (non-hydrogen) atoms. The number of allylic oxidation sites excluding steroid dienone is 4. The summed E-state index contributed by atoms with van der Waals surface area (Å²) in [6, 6.07) is 0. The average Bonchev–Trinajstić information content (AvgIpc) is 2.46. The number of hydrogen-bond acceptors (Lipinski definition) is 2. The van der Waals surface area contributed by atoms with Crippen molar-refractivity contribution in [1.82, 2.24) is 0 Å². The standard InChI is InChI=1S/C18H28O2/c1-4-5-6-14-7-8-15-10-17(12-19-2)18(13-20-3)11-16(15)9-14/h7H,4-6,8-13H2,1-3H3. The molecule has 2 aliphatic carbocycles. The smallest absolute Gasteiger partial charge is 0.0679 e. The van der Waals surface area contributed by atoms with E-state index in [2.05, 4.69) is 13.0 Å². The van der Waals surface area contributed by atoms with Crippen LogP contribution in [-0.4, -0.2) is 27.4 Å². The van der Waals surface area contributed by atoms with Crippen LogP contribution >= 0.6 is 0 Å². The van der Waals surface area contributed by atoms with Crippen molar-refractivity contribution in [2.75, 3.05) is 27.4 Å². The molecule has 0 fully saturated rings. The third-order valence-corrected chi connectivity index (χ3v) is 4.42. The van der Waals surface area contributed by atoms with Gasteiger partial charge in [0.05, 0.1) is 13.2 Å². The second-order valence-electron chi connectivity index (χ2n) is 5.98. The highest BCUT2D eigenvalue weighted by atomic mass is 16.5. The van der Waals surface area contributed by atoms with Gasteiger partial charge in [0.25, 0.3) is 0 Å². The van der Waals surface area contributed by atoms with Gasteiger partial charge in [0.2, 0.25) is 0 Å². The number of rotatable bonds is 7. The molecule has 0 bridgehead atoms. The van der Waals surface area contributed by atoms with Gasteiger partial charge in [-0.05, 0) is 49.7 Å². The lowest BCUT2D eigenvalue weighted by Gasteiger charge is -2.29. The Morgan fingerprint density at radius 2 is 1.60 bits per heavy atom. The van der Waals surface area contributed by atoms with E-state index in [-0.39, 0.29) is 0 Å². The first-order valence-electron chi connectivity index (χ1n) is 7.83. The number of ether oxygens (including phenoxy) is 2. The van der Waals surface area contributed by atoms with Crippen LogP contribution in [0, 0.1) is 0 Å². The van der Waals surface area contributed by atoms with Gasteiger partial charge in [-0.2, -0.15) is 0 Å². The number of hydrogen-bond donors (Lipinski definition) is 0. The lowest BCUT2D eigenvalue weighted by Crippen LogP contribution is -2.14. The van der Waals surface area contributed by atoms with E-state index in [9.17, 15) is 0 Å². The largest absolute Gasteiger partial charge is 0.380 e. The van der Waals surface area contributed by atoms with Gasteiger partial charge in [-0.1, -0.05) is 36.1 Å². The molecule has 0 saturated carbocycles. The summed E-state index contributed by atoms with van der Waals surface area (Å²) in [5, 5.41) is 0. The predicted molar refractivity (Wildman–Crippen MR) is 83.9 cm³/mol. The van der Waals surface area contributed by atoms with Crippen LogP contribution in [-0.2, 0) is 9.47 Å². The molecule has 0 spiro atoms. The maximum Gasteiger partial charge on any atom is 0.0679 e. The van der Waals surface area contributed by atoms with Crippen molar-refractivity contribution in [2.45, 2.75) is 51.9 Å². The Morgan fingerprint density at radius 3 is 2.20 bits per heavy atom. The second kappa shape index (κ2) is 7.80. The van der Waals surface area contributed by atoms with Crippen molar-refractivity contribution >= 4 is 0 Å². The van der Waals surface area contributed by atoms with E-state index in [0.717, 1.165) is 32.5 Å².